The number of hydrogen-bond donors (Lipinski definition) is 2. The molecule has 7 heteroatoms. The molecule has 1 aliphatic rings. The Morgan fingerprint density at radius 3 is 2.41 bits per heavy atom. The summed E-state index contributed by atoms with van der Waals surface area (Å²) in [5, 5.41) is 5.65. The van der Waals surface area contributed by atoms with Gasteiger partial charge in [0.1, 0.15) is 18.2 Å². The molecular formula is C25H39N3O4. The standard InChI is InChI=1S/C25H39N3O4/c1-8-9-18(4)27-23(30)22(20-14-16(2)10-11-17(20)3)28(19-12-13-19)21(29)15-26-24(31)32-25(5,6)7/h10-11,14,18-19,22H,8-9,12-13,15H2,1-7H3,(H,26,31)(H,27,30). The molecule has 2 rings (SSSR count). The van der Waals surface area contributed by atoms with Crippen LogP contribution in [-0.2, 0) is 14.3 Å². The fourth-order valence-electron chi connectivity index (χ4n) is 3.76. The minimum Gasteiger partial charge on any atom is -0.444 e. The first-order chi connectivity index (χ1) is 14.9. The van der Waals surface area contributed by atoms with Crippen molar-refractivity contribution in [1.82, 2.24) is 15.5 Å². The van der Waals surface area contributed by atoms with Crippen molar-refractivity contribution in [1.29, 1.82) is 0 Å². The molecule has 2 N–H and O–H groups in total. The summed E-state index contributed by atoms with van der Waals surface area (Å²) in [6.07, 6.45) is 2.86. The third-order valence-corrected chi connectivity index (χ3v) is 5.38. The van der Waals surface area contributed by atoms with Crippen molar-refractivity contribution >= 4 is 17.9 Å². The normalized spacial score (nSPS) is 15.5. The smallest absolute Gasteiger partial charge is 0.408 e. The van der Waals surface area contributed by atoms with Crippen LogP contribution in [0, 0.1) is 13.8 Å². The minimum absolute atomic E-state index is 0.0103. The van der Waals surface area contributed by atoms with Gasteiger partial charge in [-0.05, 0) is 71.9 Å². The van der Waals surface area contributed by atoms with Gasteiger partial charge in [-0.25, -0.2) is 4.79 Å². The Hall–Kier alpha value is -2.57. The number of aryl methyl sites for hydroxylation is 2. The van der Waals surface area contributed by atoms with E-state index in [2.05, 4.69) is 17.6 Å². The average molecular weight is 446 g/mol. The Morgan fingerprint density at radius 1 is 1.19 bits per heavy atom. The van der Waals surface area contributed by atoms with Crippen molar-refractivity contribution in [2.24, 2.45) is 0 Å². The number of hydrogen-bond acceptors (Lipinski definition) is 4. The van der Waals surface area contributed by atoms with Crippen LogP contribution >= 0.6 is 0 Å². The number of ether oxygens (including phenoxy) is 1. The summed E-state index contributed by atoms with van der Waals surface area (Å²) in [4.78, 5) is 40.5. The van der Waals surface area contributed by atoms with Gasteiger partial charge in [0, 0.05) is 12.1 Å². The maximum Gasteiger partial charge on any atom is 0.408 e. The molecule has 3 amide bonds. The number of amides is 3. The van der Waals surface area contributed by atoms with E-state index >= 15 is 0 Å². The Balaban J connectivity index is 2.31. The monoisotopic (exact) mass is 445 g/mol. The van der Waals surface area contributed by atoms with E-state index in [1.165, 1.54) is 0 Å². The summed E-state index contributed by atoms with van der Waals surface area (Å²) in [7, 11) is 0. The van der Waals surface area contributed by atoms with Gasteiger partial charge in [0.25, 0.3) is 0 Å². The van der Waals surface area contributed by atoms with Gasteiger partial charge in [0.2, 0.25) is 11.8 Å². The van der Waals surface area contributed by atoms with Crippen molar-refractivity contribution in [3.05, 3.63) is 34.9 Å². The molecular weight excluding hydrogens is 406 g/mol. The molecule has 1 fully saturated rings. The molecule has 32 heavy (non-hydrogen) atoms. The van der Waals surface area contributed by atoms with Crippen LogP contribution in [0.25, 0.3) is 0 Å². The van der Waals surface area contributed by atoms with Gasteiger partial charge in [0.15, 0.2) is 0 Å². The van der Waals surface area contributed by atoms with Gasteiger partial charge in [-0.15, -0.1) is 0 Å². The summed E-state index contributed by atoms with van der Waals surface area (Å²) in [5.41, 5.74) is 2.15. The van der Waals surface area contributed by atoms with Crippen molar-refractivity contribution in [2.75, 3.05) is 6.54 Å². The highest BCUT2D eigenvalue weighted by Crippen LogP contribution is 2.36. The Bertz CT molecular complexity index is 827. The molecule has 2 unspecified atom stereocenters. The fourth-order valence-corrected chi connectivity index (χ4v) is 3.76. The molecule has 0 spiro atoms. The van der Waals surface area contributed by atoms with Crippen LogP contribution < -0.4 is 10.6 Å². The fraction of sp³-hybridized carbons (Fsp3) is 0.640. The van der Waals surface area contributed by atoms with Crippen LogP contribution in [0.3, 0.4) is 0 Å². The first-order valence-electron chi connectivity index (χ1n) is 11.6. The number of nitrogens with one attached hydrogen (secondary N) is 2. The van der Waals surface area contributed by atoms with Crippen LogP contribution in [0.5, 0.6) is 0 Å². The molecule has 1 aromatic carbocycles. The molecule has 0 bridgehead atoms. The number of benzene rings is 1. The summed E-state index contributed by atoms with van der Waals surface area (Å²) >= 11 is 0. The molecule has 0 radical (unpaired) electrons. The summed E-state index contributed by atoms with van der Waals surface area (Å²) in [6.45, 7) is 13.1. The van der Waals surface area contributed by atoms with Crippen molar-refractivity contribution < 1.29 is 19.1 Å². The maximum atomic E-state index is 13.5. The molecule has 1 aromatic rings. The molecule has 0 saturated heterocycles. The lowest BCUT2D eigenvalue weighted by atomic mass is 9.96. The SMILES string of the molecule is CCCC(C)NC(=O)C(c1cc(C)ccc1C)N(C(=O)CNC(=O)OC(C)(C)C)C1CC1. The average Bonchev–Trinajstić information content (AvgIpc) is 3.50. The summed E-state index contributed by atoms with van der Waals surface area (Å²) in [6, 6.07) is 5.22. The Morgan fingerprint density at radius 2 is 1.84 bits per heavy atom. The minimum atomic E-state index is -0.741. The predicted octanol–water partition coefficient (Wildman–Crippen LogP) is 4.17. The zero-order chi connectivity index (χ0) is 24.1. The topological polar surface area (TPSA) is 87.7 Å². The molecule has 0 aromatic heterocycles. The van der Waals surface area contributed by atoms with Crippen molar-refractivity contribution in [3.8, 4) is 0 Å². The third kappa shape index (κ3) is 7.53. The Labute approximate surface area is 192 Å². The van der Waals surface area contributed by atoms with Crippen LogP contribution in [0.2, 0.25) is 0 Å². The number of carbonyl (C=O) groups is 3. The van der Waals surface area contributed by atoms with E-state index in [-0.39, 0.29) is 30.4 Å². The Kier molecular flexibility index (Phi) is 8.70. The van der Waals surface area contributed by atoms with Gasteiger partial charge in [-0.1, -0.05) is 37.1 Å². The first-order valence-corrected chi connectivity index (χ1v) is 11.6. The summed E-state index contributed by atoms with van der Waals surface area (Å²) < 4.78 is 5.25. The van der Waals surface area contributed by atoms with E-state index in [1.807, 2.05) is 39.0 Å². The van der Waals surface area contributed by atoms with E-state index in [0.29, 0.717) is 0 Å². The second-order valence-electron chi connectivity index (χ2n) is 9.85. The molecule has 0 aliphatic heterocycles. The highest BCUT2D eigenvalue weighted by atomic mass is 16.6. The van der Waals surface area contributed by atoms with Gasteiger partial charge in [-0.2, -0.15) is 0 Å². The zero-order valence-electron chi connectivity index (χ0n) is 20.6. The lowest BCUT2D eigenvalue weighted by Crippen LogP contribution is -2.50. The van der Waals surface area contributed by atoms with Crippen molar-refractivity contribution in [2.45, 2.75) is 97.9 Å². The quantitative estimate of drug-likeness (QED) is 0.597. The third-order valence-electron chi connectivity index (χ3n) is 5.38. The second-order valence-corrected chi connectivity index (χ2v) is 9.85. The maximum absolute atomic E-state index is 13.5. The molecule has 1 saturated carbocycles. The lowest BCUT2D eigenvalue weighted by molar-refractivity contribution is -0.141. The largest absolute Gasteiger partial charge is 0.444 e. The van der Waals surface area contributed by atoms with Gasteiger partial charge in [-0.3, -0.25) is 9.59 Å². The van der Waals surface area contributed by atoms with Gasteiger partial charge >= 0.3 is 6.09 Å². The van der Waals surface area contributed by atoms with E-state index in [4.69, 9.17) is 4.74 Å². The van der Waals surface area contributed by atoms with E-state index < -0.39 is 17.7 Å². The molecule has 2 atom stereocenters. The number of rotatable bonds is 9. The summed E-state index contributed by atoms with van der Waals surface area (Å²) in [5.74, 6) is -0.472. The van der Waals surface area contributed by atoms with Gasteiger partial charge in [0.05, 0.1) is 0 Å². The zero-order valence-corrected chi connectivity index (χ0v) is 20.6. The number of alkyl carbamates (subject to hydrolysis) is 1. The van der Waals surface area contributed by atoms with Crippen LogP contribution in [-0.4, -0.2) is 47.0 Å². The van der Waals surface area contributed by atoms with E-state index in [9.17, 15) is 14.4 Å². The van der Waals surface area contributed by atoms with E-state index in [1.54, 1.807) is 25.7 Å². The first kappa shape index (κ1) is 25.7. The van der Waals surface area contributed by atoms with E-state index in [0.717, 1.165) is 42.4 Å². The van der Waals surface area contributed by atoms with Crippen molar-refractivity contribution in [3.63, 3.8) is 0 Å². The van der Waals surface area contributed by atoms with Crippen LogP contribution in [0.15, 0.2) is 18.2 Å². The second kappa shape index (κ2) is 10.8. The van der Waals surface area contributed by atoms with Gasteiger partial charge < -0.3 is 20.3 Å². The molecule has 1 aliphatic carbocycles. The molecule has 178 valence electrons. The highest BCUT2D eigenvalue weighted by Gasteiger charge is 2.42. The number of nitrogens with zero attached hydrogens (tertiary/aromatic N) is 1. The predicted molar refractivity (Wildman–Crippen MR) is 125 cm³/mol. The van der Waals surface area contributed by atoms with Crippen LogP contribution in [0.4, 0.5) is 4.79 Å². The number of carbonyl (C=O) groups excluding carboxylic acids is 3. The molecule has 0 heterocycles. The lowest BCUT2D eigenvalue weighted by Gasteiger charge is -2.33. The van der Waals surface area contributed by atoms with Crippen LogP contribution in [0.1, 0.15) is 83.0 Å². The highest BCUT2D eigenvalue weighted by molar-refractivity contribution is 5.91. The molecule has 7 nitrogen and oxygen atoms in total.